The largest absolute Gasteiger partial charge is 0.458 e. The Morgan fingerprint density at radius 1 is 1.18 bits per heavy atom. The number of benzene rings is 1. The Morgan fingerprint density at radius 2 is 1.93 bits per heavy atom. The summed E-state index contributed by atoms with van der Waals surface area (Å²) in [6, 6.07) is 4.77. The number of hydrogen-bond acceptors (Lipinski definition) is 5. The first-order valence-electron chi connectivity index (χ1n) is 8.47. The maximum absolute atomic E-state index is 14.5. The Morgan fingerprint density at radius 3 is 2.68 bits per heavy atom. The zero-order valence-corrected chi connectivity index (χ0v) is 14.9. The van der Waals surface area contributed by atoms with Gasteiger partial charge in [-0.15, -0.1) is 0 Å². The van der Waals surface area contributed by atoms with Crippen LogP contribution < -0.4 is 10.9 Å². The molecule has 9 heteroatoms. The van der Waals surface area contributed by atoms with E-state index in [0.717, 1.165) is 6.07 Å². The summed E-state index contributed by atoms with van der Waals surface area (Å²) in [6.45, 7) is 3.29. The summed E-state index contributed by atoms with van der Waals surface area (Å²) in [6.07, 6.45) is -1.53. The molecule has 4 aromatic rings. The quantitative estimate of drug-likeness (QED) is 0.533. The maximum Gasteiger partial charge on any atom is 0.292 e. The van der Waals surface area contributed by atoms with Crippen molar-refractivity contribution in [2.75, 3.05) is 5.32 Å². The summed E-state index contributed by atoms with van der Waals surface area (Å²) in [5, 5.41) is 3.52. The van der Waals surface area contributed by atoms with Crippen molar-refractivity contribution < 1.29 is 17.6 Å². The van der Waals surface area contributed by atoms with Gasteiger partial charge in [0.05, 0.1) is 23.3 Å². The number of fused-ring (bicyclic) bond motifs is 3. The van der Waals surface area contributed by atoms with E-state index in [-0.39, 0.29) is 17.0 Å². The molecule has 0 saturated heterocycles. The number of furan rings is 1. The van der Waals surface area contributed by atoms with Gasteiger partial charge in [-0.2, -0.15) is 0 Å². The molecule has 4 rings (SSSR count). The third-order valence-corrected chi connectivity index (χ3v) is 4.50. The number of hydrogen-bond donors (Lipinski definition) is 2. The Labute approximate surface area is 156 Å². The number of aromatic amines is 1. The van der Waals surface area contributed by atoms with Crippen LogP contribution in [-0.2, 0) is 0 Å². The normalized spacial score (nSPS) is 12.8. The van der Waals surface area contributed by atoms with E-state index >= 15 is 0 Å². The van der Waals surface area contributed by atoms with Gasteiger partial charge in [-0.1, -0.05) is 18.2 Å². The number of aromatic nitrogens is 3. The lowest BCUT2D eigenvalue weighted by Crippen LogP contribution is -2.14. The average Bonchev–Trinajstić information content (AvgIpc) is 3.13. The first-order chi connectivity index (χ1) is 13.4. The molecular formula is C19H15F3N4O2. The zero-order valence-electron chi connectivity index (χ0n) is 14.9. The molecule has 0 fully saturated rings. The van der Waals surface area contributed by atoms with Crippen molar-refractivity contribution >= 4 is 27.8 Å². The number of nitrogens with one attached hydrogen (secondary N) is 2. The molecule has 28 heavy (non-hydrogen) atoms. The monoisotopic (exact) mass is 388 g/mol. The minimum atomic E-state index is -2.92. The summed E-state index contributed by atoms with van der Waals surface area (Å²) in [7, 11) is 0. The van der Waals surface area contributed by atoms with E-state index in [2.05, 4.69) is 20.3 Å². The van der Waals surface area contributed by atoms with Gasteiger partial charge in [-0.3, -0.25) is 4.79 Å². The molecular weight excluding hydrogens is 373 g/mol. The van der Waals surface area contributed by atoms with Crippen LogP contribution in [0.4, 0.5) is 19.0 Å². The van der Waals surface area contributed by atoms with Crippen LogP contribution in [0.5, 0.6) is 0 Å². The molecule has 0 bridgehead atoms. The van der Waals surface area contributed by atoms with Crippen LogP contribution in [0.15, 0.2) is 39.7 Å². The molecule has 3 heterocycles. The Balaban J connectivity index is 1.83. The molecule has 1 atom stereocenters. The molecule has 3 aromatic heterocycles. The Hall–Kier alpha value is -3.36. The molecule has 1 aromatic carbocycles. The molecule has 0 aliphatic rings. The molecule has 0 spiro atoms. The van der Waals surface area contributed by atoms with Gasteiger partial charge in [0, 0.05) is 5.56 Å². The first-order valence-corrected chi connectivity index (χ1v) is 8.47. The number of rotatable bonds is 4. The summed E-state index contributed by atoms with van der Waals surface area (Å²) in [5.74, 6) is -0.297. The molecule has 0 radical (unpaired) electrons. The van der Waals surface area contributed by atoms with Gasteiger partial charge >= 0.3 is 0 Å². The number of nitrogens with zero attached hydrogens (tertiary/aromatic N) is 2. The molecule has 0 unspecified atom stereocenters. The third kappa shape index (κ3) is 2.88. The third-order valence-electron chi connectivity index (χ3n) is 4.50. The van der Waals surface area contributed by atoms with Crippen LogP contribution >= 0.6 is 0 Å². The first kappa shape index (κ1) is 18.0. The minimum absolute atomic E-state index is 0.0638. The molecule has 0 amide bonds. The van der Waals surface area contributed by atoms with Gasteiger partial charge in [0.25, 0.3) is 12.0 Å². The number of alkyl halides is 2. The standard InChI is InChI=1S/C19H15F3N4O2/c1-8(10-4-3-5-11(13(10)20)17(21)22)23-18-15-14(24-9(2)25-18)12-6-7-28-16(12)19(27)26-15/h3-8,17H,1-2H3,(H,26,27)(H,23,24,25)/t8-/m1/s1. The van der Waals surface area contributed by atoms with Crippen LogP contribution in [-0.4, -0.2) is 15.0 Å². The fourth-order valence-electron chi connectivity index (χ4n) is 3.19. The Kier molecular flexibility index (Phi) is 4.29. The summed E-state index contributed by atoms with van der Waals surface area (Å²) < 4.78 is 45.7. The smallest absolute Gasteiger partial charge is 0.292 e. The van der Waals surface area contributed by atoms with Gasteiger partial charge in [-0.25, -0.2) is 23.1 Å². The lowest BCUT2D eigenvalue weighted by atomic mass is 10.0. The summed E-state index contributed by atoms with van der Waals surface area (Å²) >= 11 is 0. The van der Waals surface area contributed by atoms with Crippen molar-refractivity contribution in [3.63, 3.8) is 0 Å². The van der Waals surface area contributed by atoms with E-state index in [9.17, 15) is 18.0 Å². The molecule has 144 valence electrons. The zero-order chi connectivity index (χ0) is 20.0. The highest BCUT2D eigenvalue weighted by Crippen LogP contribution is 2.30. The van der Waals surface area contributed by atoms with Gasteiger partial charge in [-0.05, 0) is 19.9 Å². The Bertz CT molecular complexity index is 1250. The number of pyridine rings is 1. The molecule has 2 N–H and O–H groups in total. The number of anilines is 1. The van der Waals surface area contributed by atoms with Gasteiger partial charge in [0.1, 0.15) is 22.7 Å². The van der Waals surface area contributed by atoms with Crippen molar-refractivity contribution in [3.05, 3.63) is 63.7 Å². The fraction of sp³-hybridized carbons (Fsp3) is 0.211. The van der Waals surface area contributed by atoms with E-state index < -0.39 is 29.4 Å². The second-order valence-corrected chi connectivity index (χ2v) is 6.38. The van der Waals surface area contributed by atoms with Gasteiger partial charge < -0.3 is 14.7 Å². The number of halogens is 3. The maximum atomic E-state index is 14.5. The average molecular weight is 388 g/mol. The van der Waals surface area contributed by atoms with Crippen LogP contribution in [0.2, 0.25) is 0 Å². The van der Waals surface area contributed by atoms with Crippen molar-refractivity contribution in [1.29, 1.82) is 0 Å². The topological polar surface area (TPSA) is 83.8 Å². The number of H-pyrrole nitrogens is 1. The van der Waals surface area contributed by atoms with E-state index in [1.165, 1.54) is 18.4 Å². The van der Waals surface area contributed by atoms with Crippen molar-refractivity contribution in [1.82, 2.24) is 15.0 Å². The predicted octanol–water partition coefficient (Wildman–Crippen LogP) is 4.62. The fourth-order valence-corrected chi connectivity index (χ4v) is 3.19. The lowest BCUT2D eigenvalue weighted by Gasteiger charge is -2.18. The molecule has 0 saturated carbocycles. The second kappa shape index (κ2) is 6.66. The number of aryl methyl sites for hydroxylation is 1. The highest BCUT2D eigenvalue weighted by atomic mass is 19.3. The lowest BCUT2D eigenvalue weighted by molar-refractivity contribution is 0.146. The van der Waals surface area contributed by atoms with E-state index in [1.807, 2.05) is 0 Å². The van der Waals surface area contributed by atoms with Crippen molar-refractivity contribution in [3.8, 4) is 0 Å². The van der Waals surface area contributed by atoms with Crippen LogP contribution in [0, 0.1) is 12.7 Å². The van der Waals surface area contributed by atoms with Crippen molar-refractivity contribution in [2.24, 2.45) is 0 Å². The van der Waals surface area contributed by atoms with E-state index in [0.29, 0.717) is 22.2 Å². The van der Waals surface area contributed by atoms with Gasteiger partial charge in [0.15, 0.2) is 5.82 Å². The van der Waals surface area contributed by atoms with E-state index in [1.54, 1.807) is 19.9 Å². The van der Waals surface area contributed by atoms with Crippen LogP contribution in [0.25, 0.3) is 22.0 Å². The second-order valence-electron chi connectivity index (χ2n) is 6.38. The molecule has 0 aliphatic heterocycles. The minimum Gasteiger partial charge on any atom is -0.458 e. The summed E-state index contributed by atoms with van der Waals surface area (Å²) in [4.78, 5) is 23.6. The molecule has 6 nitrogen and oxygen atoms in total. The predicted molar refractivity (Wildman–Crippen MR) is 98.1 cm³/mol. The van der Waals surface area contributed by atoms with Gasteiger partial charge in [0.2, 0.25) is 5.58 Å². The van der Waals surface area contributed by atoms with Crippen LogP contribution in [0.1, 0.15) is 36.3 Å². The summed E-state index contributed by atoms with van der Waals surface area (Å²) in [5.41, 5.74) is -0.131. The SMILES string of the molecule is Cc1nc(N[C@H](C)c2cccc(C(F)F)c2F)c2[nH]c(=O)c3occc3c2n1. The van der Waals surface area contributed by atoms with E-state index in [4.69, 9.17) is 4.42 Å². The highest BCUT2D eigenvalue weighted by molar-refractivity contribution is 6.04. The van der Waals surface area contributed by atoms with Crippen LogP contribution in [0.3, 0.4) is 0 Å². The molecule has 0 aliphatic carbocycles. The highest BCUT2D eigenvalue weighted by Gasteiger charge is 2.21. The van der Waals surface area contributed by atoms with Crippen molar-refractivity contribution in [2.45, 2.75) is 26.3 Å².